The van der Waals surface area contributed by atoms with E-state index in [1.807, 2.05) is 18.2 Å². The molecule has 0 radical (unpaired) electrons. The molecule has 2 aromatic carbocycles. The van der Waals surface area contributed by atoms with E-state index in [9.17, 15) is 13.2 Å². The van der Waals surface area contributed by atoms with Gasteiger partial charge in [-0.25, -0.2) is 13.1 Å². The lowest BCUT2D eigenvalue weighted by Crippen LogP contribution is -2.26. The van der Waals surface area contributed by atoms with Crippen molar-refractivity contribution >= 4 is 15.9 Å². The summed E-state index contributed by atoms with van der Waals surface area (Å²) < 4.78 is 32.5. The van der Waals surface area contributed by atoms with E-state index < -0.39 is 10.0 Å². The molecule has 0 unspecified atom stereocenters. The highest BCUT2D eigenvalue weighted by molar-refractivity contribution is 7.89. The Hall–Kier alpha value is -2.94. The van der Waals surface area contributed by atoms with Gasteiger partial charge in [0.05, 0.1) is 17.7 Å². The smallest absolute Gasteiger partial charge is 0.251 e. The number of nitrogens with zero attached hydrogens (tertiary/aromatic N) is 1. The normalized spacial score (nSPS) is 11.6. The van der Waals surface area contributed by atoms with Gasteiger partial charge in [-0.1, -0.05) is 38.1 Å². The van der Waals surface area contributed by atoms with Gasteiger partial charge in [0.2, 0.25) is 10.0 Å². The largest absolute Gasteiger partial charge is 0.468 e. The third kappa shape index (κ3) is 6.29. The predicted octanol–water partition coefficient (Wildman–Crippen LogP) is 3.53. The first-order valence-corrected chi connectivity index (χ1v) is 12.1. The number of hydrogen-bond acceptors (Lipinski definition) is 5. The van der Waals surface area contributed by atoms with Crippen molar-refractivity contribution in [3.63, 3.8) is 0 Å². The zero-order chi connectivity index (χ0) is 23.0. The van der Waals surface area contributed by atoms with Gasteiger partial charge in [-0.05, 0) is 60.6 Å². The lowest BCUT2D eigenvalue weighted by Gasteiger charge is -2.20. The highest BCUT2D eigenvalue weighted by Crippen LogP contribution is 2.14. The summed E-state index contributed by atoms with van der Waals surface area (Å²) in [6.45, 7) is 7.47. The van der Waals surface area contributed by atoms with Crippen molar-refractivity contribution < 1.29 is 17.6 Å². The number of rotatable bonds is 11. The molecule has 1 amide bonds. The van der Waals surface area contributed by atoms with E-state index in [2.05, 4.69) is 34.9 Å². The Bertz CT molecular complexity index is 1110. The average molecular weight is 456 g/mol. The first-order valence-electron chi connectivity index (χ1n) is 10.6. The first kappa shape index (κ1) is 23.7. The van der Waals surface area contributed by atoms with Crippen LogP contribution in [0.5, 0.6) is 0 Å². The number of sulfonamides is 1. The first-order chi connectivity index (χ1) is 15.4. The van der Waals surface area contributed by atoms with Crippen molar-refractivity contribution in [1.29, 1.82) is 0 Å². The van der Waals surface area contributed by atoms with Gasteiger partial charge in [0.25, 0.3) is 5.91 Å². The quantitative estimate of drug-likeness (QED) is 0.462. The van der Waals surface area contributed by atoms with Crippen molar-refractivity contribution in [2.24, 2.45) is 0 Å². The van der Waals surface area contributed by atoms with Gasteiger partial charge in [-0.3, -0.25) is 9.69 Å². The molecule has 7 nitrogen and oxygen atoms in total. The zero-order valence-electron chi connectivity index (χ0n) is 18.4. The third-order valence-corrected chi connectivity index (χ3v) is 6.71. The monoisotopic (exact) mass is 455 g/mol. The number of amides is 1. The molecule has 170 valence electrons. The summed E-state index contributed by atoms with van der Waals surface area (Å²) in [5.41, 5.74) is 2.64. The molecule has 1 aromatic heterocycles. The van der Waals surface area contributed by atoms with E-state index in [0.29, 0.717) is 17.9 Å². The van der Waals surface area contributed by atoms with E-state index in [1.54, 1.807) is 12.1 Å². The van der Waals surface area contributed by atoms with Gasteiger partial charge in [-0.15, -0.1) is 0 Å². The second kappa shape index (κ2) is 11.1. The summed E-state index contributed by atoms with van der Waals surface area (Å²) in [7, 11) is -3.70. The van der Waals surface area contributed by atoms with Gasteiger partial charge < -0.3 is 9.73 Å². The Kier molecular flexibility index (Phi) is 8.21. The molecule has 3 aromatic rings. The molecule has 0 saturated heterocycles. The Morgan fingerprint density at radius 3 is 2.22 bits per heavy atom. The summed E-state index contributed by atoms with van der Waals surface area (Å²) in [6, 6.07) is 17.3. The molecule has 0 aliphatic carbocycles. The second-order valence-corrected chi connectivity index (χ2v) is 9.11. The Balaban J connectivity index is 1.61. The van der Waals surface area contributed by atoms with Crippen molar-refractivity contribution in [2.75, 3.05) is 13.1 Å². The molecule has 2 N–H and O–H groups in total. The number of benzene rings is 2. The number of hydrogen-bond donors (Lipinski definition) is 2. The molecule has 1 heterocycles. The van der Waals surface area contributed by atoms with Gasteiger partial charge in [-0.2, -0.15) is 0 Å². The summed E-state index contributed by atoms with van der Waals surface area (Å²) >= 11 is 0. The molecule has 0 spiro atoms. The molecule has 0 fully saturated rings. The number of carbonyl (C=O) groups is 1. The van der Waals surface area contributed by atoms with Gasteiger partial charge in [0, 0.05) is 18.7 Å². The molecule has 0 aliphatic rings. The zero-order valence-corrected chi connectivity index (χ0v) is 19.2. The summed E-state index contributed by atoms with van der Waals surface area (Å²) in [5, 5.41) is 2.93. The van der Waals surface area contributed by atoms with E-state index in [4.69, 9.17) is 4.42 Å². The van der Waals surface area contributed by atoms with Crippen LogP contribution >= 0.6 is 0 Å². The van der Waals surface area contributed by atoms with Crippen LogP contribution in [-0.4, -0.2) is 32.3 Å². The molecule has 8 heteroatoms. The third-order valence-electron chi connectivity index (χ3n) is 5.29. The molecular formula is C24H29N3O4S. The van der Waals surface area contributed by atoms with E-state index in [-0.39, 0.29) is 17.3 Å². The van der Waals surface area contributed by atoms with Crippen molar-refractivity contribution in [2.45, 2.75) is 38.4 Å². The van der Waals surface area contributed by atoms with Crippen molar-refractivity contribution in [3.8, 4) is 0 Å². The average Bonchev–Trinajstić information content (AvgIpc) is 3.34. The second-order valence-electron chi connectivity index (χ2n) is 7.34. The maximum Gasteiger partial charge on any atom is 0.251 e. The fraction of sp³-hybridized carbons (Fsp3) is 0.292. The highest BCUT2D eigenvalue weighted by Gasteiger charge is 2.16. The Labute approximate surface area is 189 Å². The van der Waals surface area contributed by atoms with Crippen LogP contribution in [0.4, 0.5) is 0 Å². The van der Waals surface area contributed by atoms with Gasteiger partial charge in [0.15, 0.2) is 0 Å². The van der Waals surface area contributed by atoms with Crippen LogP contribution in [0.15, 0.2) is 76.2 Å². The Morgan fingerprint density at radius 2 is 1.59 bits per heavy atom. The van der Waals surface area contributed by atoms with Crippen molar-refractivity contribution in [3.05, 3.63) is 89.4 Å². The van der Waals surface area contributed by atoms with Gasteiger partial charge >= 0.3 is 0 Å². The maximum absolute atomic E-state index is 12.6. The standard InChI is InChI=1S/C24H29N3O4S/c1-3-27(4-2)18-21-9-6-5-8-20(21)16-25-24(28)19-11-13-23(14-12-19)32(29,30)26-17-22-10-7-15-31-22/h5-15,26H,3-4,16-18H2,1-2H3,(H,25,28). The number of carbonyl (C=O) groups excluding carboxylic acids is 1. The molecule has 3 rings (SSSR count). The summed E-state index contributed by atoms with van der Waals surface area (Å²) in [5.74, 6) is 0.265. The minimum Gasteiger partial charge on any atom is -0.468 e. The number of nitrogens with one attached hydrogen (secondary N) is 2. The topological polar surface area (TPSA) is 91.7 Å². The van der Waals surface area contributed by atoms with E-state index in [1.165, 1.54) is 36.1 Å². The molecular weight excluding hydrogens is 426 g/mol. The minimum absolute atomic E-state index is 0.0600. The molecule has 0 saturated carbocycles. The van der Waals surface area contributed by atoms with Gasteiger partial charge in [0.1, 0.15) is 5.76 Å². The summed E-state index contributed by atoms with van der Waals surface area (Å²) in [4.78, 5) is 15.0. The molecule has 0 aliphatic heterocycles. The van der Waals surface area contributed by atoms with E-state index >= 15 is 0 Å². The predicted molar refractivity (Wildman–Crippen MR) is 123 cm³/mol. The maximum atomic E-state index is 12.6. The molecule has 0 bridgehead atoms. The highest BCUT2D eigenvalue weighted by atomic mass is 32.2. The van der Waals surface area contributed by atoms with Crippen LogP contribution in [0.3, 0.4) is 0 Å². The fourth-order valence-electron chi connectivity index (χ4n) is 3.30. The molecule has 0 atom stereocenters. The molecule has 32 heavy (non-hydrogen) atoms. The minimum atomic E-state index is -3.70. The fourth-order valence-corrected chi connectivity index (χ4v) is 4.29. The van der Waals surface area contributed by atoms with Crippen molar-refractivity contribution in [1.82, 2.24) is 14.9 Å². The van der Waals surface area contributed by atoms with Crippen LogP contribution in [0.1, 0.15) is 41.1 Å². The van der Waals surface area contributed by atoms with Crippen LogP contribution in [0.25, 0.3) is 0 Å². The SMILES string of the molecule is CCN(CC)Cc1ccccc1CNC(=O)c1ccc(S(=O)(=O)NCc2ccco2)cc1. The van der Waals surface area contributed by atoms with Crippen LogP contribution in [0, 0.1) is 0 Å². The lowest BCUT2D eigenvalue weighted by atomic mass is 10.1. The van der Waals surface area contributed by atoms with E-state index in [0.717, 1.165) is 25.2 Å². The van der Waals surface area contributed by atoms with Crippen LogP contribution < -0.4 is 10.0 Å². The lowest BCUT2D eigenvalue weighted by molar-refractivity contribution is 0.0950. The van der Waals surface area contributed by atoms with Crippen LogP contribution in [-0.2, 0) is 29.7 Å². The Morgan fingerprint density at radius 1 is 0.906 bits per heavy atom. The number of furan rings is 1. The summed E-state index contributed by atoms with van der Waals surface area (Å²) in [6.07, 6.45) is 1.49. The van der Waals surface area contributed by atoms with Crippen LogP contribution in [0.2, 0.25) is 0 Å².